The number of hydrogen-bond acceptors (Lipinski definition) is 3. The minimum absolute atomic E-state index is 0. The van der Waals surface area contributed by atoms with Gasteiger partial charge in [0, 0.05) is 5.02 Å². The zero-order chi connectivity index (χ0) is 12.0. The van der Waals surface area contributed by atoms with Crippen molar-refractivity contribution in [2.75, 3.05) is 12.3 Å². The highest BCUT2D eigenvalue weighted by Gasteiger charge is 2.13. The van der Waals surface area contributed by atoms with Crippen molar-refractivity contribution in [3.63, 3.8) is 0 Å². The molecule has 6 heteroatoms. The van der Waals surface area contributed by atoms with E-state index in [1.807, 2.05) is 0 Å². The minimum Gasteiger partial charge on any atom is -0.330 e. The van der Waals surface area contributed by atoms with Crippen molar-refractivity contribution in [1.29, 1.82) is 0 Å². The molecule has 0 atom stereocenters. The van der Waals surface area contributed by atoms with Gasteiger partial charge < -0.3 is 5.73 Å². The number of hydrogen-bond donors (Lipinski definition) is 1. The fraction of sp³-hybridized carbons (Fsp3) is 0.455. The Hall–Kier alpha value is -0.290. The summed E-state index contributed by atoms with van der Waals surface area (Å²) in [5, 5.41) is 0.544. The van der Waals surface area contributed by atoms with Gasteiger partial charge in [0.25, 0.3) is 0 Å². The lowest BCUT2D eigenvalue weighted by molar-refractivity contribution is 0.590. The first kappa shape index (κ1) is 16.7. The van der Waals surface area contributed by atoms with Gasteiger partial charge in [-0.05, 0) is 43.7 Å². The molecule has 0 radical (unpaired) electrons. The minimum atomic E-state index is -3.16. The van der Waals surface area contributed by atoms with Crippen LogP contribution in [0.2, 0.25) is 5.02 Å². The molecule has 0 aromatic heterocycles. The Kier molecular flexibility index (Phi) is 7.79. The zero-order valence-corrected chi connectivity index (χ0v) is 11.8. The summed E-state index contributed by atoms with van der Waals surface area (Å²) in [5.41, 5.74) is 5.34. The summed E-state index contributed by atoms with van der Waals surface area (Å²) in [6.07, 6.45) is 2.38. The SMILES string of the molecule is Cl.NCCCCCS(=O)(=O)c1ccc(Cl)cc1. The zero-order valence-electron chi connectivity index (χ0n) is 9.43. The van der Waals surface area contributed by atoms with Crippen LogP contribution in [0.5, 0.6) is 0 Å². The molecule has 98 valence electrons. The summed E-state index contributed by atoms with van der Waals surface area (Å²) in [5.74, 6) is 0.175. The number of halogens is 2. The number of benzene rings is 1. The van der Waals surface area contributed by atoms with Crippen LogP contribution in [0, 0.1) is 0 Å². The van der Waals surface area contributed by atoms with Gasteiger partial charge in [-0.2, -0.15) is 0 Å². The van der Waals surface area contributed by atoms with Gasteiger partial charge in [0.15, 0.2) is 9.84 Å². The van der Waals surface area contributed by atoms with E-state index in [4.69, 9.17) is 17.3 Å². The first-order chi connectivity index (χ1) is 7.56. The van der Waals surface area contributed by atoms with Crippen LogP contribution >= 0.6 is 24.0 Å². The van der Waals surface area contributed by atoms with Gasteiger partial charge in [-0.3, -0.25) is 0 Å². The van der Waals surface area contributed by atoms with E-state index in [1.165, 1.54) is 0 Å². The summed E-state index contributed by atoms with van der Waals surface area (Å²) in [7, 11) is -3.16. The number of sulfone groups is 1. The van der Waals surface area contributed by atoms with Gasteiger partial charge in [0.05, 0.1) is 10.6 Å². The number of nitrogens with two attached hydrogens (primary N) is 1. The van der Waals surface area contributed by atoms with Crippen molar-refractivity contribution in [1.82, 2.24) is 0 Å². The molecule has 17 heavy (non-hydrogen) atoms. The third-order valence-corrected chi connectivity index (χ3v) is 4.36. The molecule has 0 spiro atoms. The monoisotopic (exact) mass is 297 g/mol. The van der Waals surface area contributed by atoms with Crippen molar-refractivity contribution >= 4 is 33.8 Å². The maximum absolute atomic E-state index is 11.8. The largest absolute Gasteiger partial charge is 0.330 e. The van der Waals surface area contributed by atoms with Crippen LogP contribution in [0.25, 0.3) is 0 Å². The molecule has 3 nitrogen and oxygen atoms in total. The second-order valence-corrected chi connectivity index (χ2v) is 6.17. The quantitative estimate of drug-likeness (QED) is 0.821. The topological polar surface area (TPSA) is 60.2 Å². The summed E-state index contributed by atoms with van der Waals surface area (Å²) in [6, 6.07) is 6.27. The van der Waals surface area contributed by atoms with Gasteiger partial charge in [-0.15, -0.1) is 12.4 Å². The molecule has 0 aliphatic carbocycles. The first-order valence-electron chi connectivity index (χ1n) is 5.24. The molecule has 2 N–H and O–H groups in total. The van der Waals surface area contributed by atoms with E-state index in [1.54, 1.807) is 24.3 Å². The number of unbranched alkanes of at least 4 members (excludes halogenated alkanes) is 2. The third kappa shape index (κ3) is 5.73. The van der Waals surface area contributed by atoms with Gasteiger partial charge in [-0.25, -0.2) is 8.42 Å². The Labute approximate surface area is 114 Å². The van der Waals surface area contributed by atoms with E-state index in [2.05, 4.69) is 0 Å². The van der Waals surface area contributed by atoms with Crippen molar-refractivity contribution in [2.45, 2.75) is 24.2 Å². The van der Waals surface area contributed by atoms with Crippen LogP contribution in [0.3, 0.4) is 0 Å². The molecule has 1 aromatic rings. The third-order valence-electron chi connectivity index (χ3n) is 2.29. The normalized spacial score (nSPS) is 10.9. The maximum Gasteiger partial charge on any atom is 0.178 e. The fourth-order valence-corrected chi connectivity index (χ4v) is 2.87. The van der Waals surface area contributed by atoms with Gasteiger partial charge in [0.2, 0.25) is 0 Å². The Morgan fingerprint density at radius 2 is 1.65 bits per heavy atom. The highest BCUT2D eigenvalue weighted by molar-refractivity contribution is 7.91. The molecule has 0 aliphatic heterocycles. The smallest absolute Gasteiger partial charge is 0.178 e. The summed E-state index contributed by atoms with van der Waals surface area (Å²) < 4.78 is 23.7. The second kappa shape index (κ2) is 7.93. The van der Waals surface area contributed by atoms with Crippen molar-refractivity contribution < 1.29 is 8.42 Å². The van der Waals surface area contributed by atoms with E-state index in [0.29, 0.717) is 22.9 Å². The maximum atomic E-state index is 11.8. The molecule has 0 bridgehead atoms. The van der Waals surface area contributed by atoms with E-state index in [0.717, 1.165) is 12.8 Å². The molecule has 0 amide bonds. The number of rotatable bonds is 6. The van der Waals surface area contributed by atoms with Crippen LogP contribution in [0.1, 0.15) is 19.3 Å². The molecule has 0 unspecified atom stereocenters. The van der Waals surface area contributed by atoms with Crippen LogP contribution in [0.15, 0.2) is 29.2 Å². The van der Waals surface area contributed by atoms with Crippen molar-refractivity contribution in [3.8, 4) is 0 Å². The Bertz CT molecular complexity index is 418. The fourth-order valence-electron chi connectivity index (χ4n) is 1.37. The summed E-state index contributed by atoms with van der Waals surface area (Å²) in [4.78, 5) is 0.338. The molecular weight excluding hydrogens is 281 g/mol. The summed E-state index contributed by atoms with van der Waals surface area (Å²) >= 11 is 5.70. The van der Waals surface area contributed by atoms with Gasteiger partial charge in [-0.1, -0.05) is 18.0 Å². The highest BCUT2D eigenvalue weighted by atomic mass is 35.5. The Balaban J connectivity index is 0.00000256. The van der Waals surface area contributed by atoms with Gasteiger partial charge in [0.1, 0.15) is 0 Å². The lowest BCUT2D eigenvalue weighted by Crippen LogP contribution is -2.07. The predicted octanol–water partition coefficient (Wildman–Crippen LogP) is 2.66. The molecule has 1 rings (SSSR count). The van der Waals surface area contributed by atoms with Crippen LogP contribution in [-0.4, -0.2) is 20.7 Å². The summed E-state index contributed by atoms with van der Waals surface area (Å²) in [6.45, 7) is 0.612. The Morgan fingerprint density at radius 3 is 2.18 bits per heavy atom. The lowest BCUT2D eigenvalue weighted by atomic mass is 10.2. The van der Waals surface area contributed by atoms with Crippen molar-refractivity contribution in [3.05, 3.63) is 29.3 Å². The predicted molar refractivity (Wildman–Crippen MR) is 73.7 cm³/mol. The standard InChI is InChI=1S/C11H16ClNO2S.ClH/c12-10-4-6-11(7-5-10)16(14,15)9-3-1-2-8-13;/h4-7H,1-3,8-9,13H2;1H. The highest BCUT2D eigenvalue weighted by Crippen LogP contribution is 2.16. The van der Waals surface area contributed by atoms with Crippen LogP contribution in [-0.2, 0) is 9.84 Å². The van der Waals surface area contributed by atoms with Crippen LogP contribution < -0.4 is 5.73 Å². The molecule has 0 fully saturated rings. The van der Waals surface area contributed by atoms with Gasteiger partial charge >= 0.3 is 0 Å². The molecular formula is C11H17Cl2NO2S. The van der Waals surface area contributed by atoms with E-state index in [9.17, 15) is 8.42 Å². The average Bonchev–Trinajstić information content (AvgIpc) is 2.25. The first-order valence-corrected chi connectivity index (χ1v) is 7.27. The molecule has 0 heterocycles. The molecule has 0 saturated heterocycles. The molecule has 0 aliphatic rings. The average molecular weight is 298 g/mol. The van der Waals surface area contributed by atoms with E-state index < -0.39 is 9.84 Å². The van der Waals surface area contributed by atoms with Crippen LogP contribution in [0.4, 0.5) is 0 Å². The van der Waals surface area contributed by atoms with Crippen molar-refractivity contribution in [2.24, 2.45) is 5.73 Å². The Morgan fingerprint density at radius 1 is 1.06 bits per heavy atom. The van der Waals surface area contributed by atoms with E-state index >= 15 is 0 Å². The molecule has 1 aromatic carbocycles. The molecule has 0 saturated carbocycles. The van der Waals surface area contributed by atoms with E-state index in [-0.39, 0.29) is 18.2 Å². The lowest BCUT2D eigenvalue weighted by Gasteiger charge is -2.04. The second-order valence-electron chi connectivity index (χ2n) is 3.62.